The van der Waals surface area contributed by atoms with Gasteiger partial charge in [-0.1, -0.05) is 6.07 Å². The SMILES string of the molecule is COC(=O)c1cccc(N2CCC3(CNCC3O)C2)n1. The van der Waals surface area contributed by atoms with Gasteiger partial charge in [0.1, 0.15) is 5.82 Å². The number of esters is 1. The summed E-state index contributed by atoms with van der Waals surface area (Å²) < 4.78 is 4.69. The van der Waals surface area contributed by atoms with Crippen LogP contribution in [0.15, 0.2) is 18.2 Å². The molecule has 6 nitrogen and oxygen atoms in total. The van der Waals surface area contributed by atoms with Crippen molar-refractivity contribution in [3.63, 3.8) is 0 Å². The number of aliphatic hydroxyl groups excluding tert-OH is 1. The van der Waals surface area contributed by atoms with E-state index in [0.29, 0.717) is 12.2 Å². The quantitative estimate of drug-likeness (QED) is 0.743. The molecule has 2 fully saturated rings. The lowest BCUT2D eigenvalue weighted by atomic mass is 9.84. The highest BCUT2D eigenvalue weighted by molar-refractivity contribution is 5.87. The number of hydrogen-bond donors (Lipinski definition) is 2. The summed E-state index contributed by atoms with van der Waals surface area (Å²) in [5.74, 6) is 0.340. The molecule has 0 amide bonds. The largest absolute Gasteiger partial charge is 0.464 e. The van der Waals surface area contributed by atoms with Crippen LogP contribution >= 0.6 is 0 Å². The van der Waals surface area contributed by atoms with Crippen LogP contribution in [0.3, 0.4) is 0 Å². The number of carbonyl (C=O) groups excluding carboxylic acids is 1. The van der Waals surface area contributed by atoms with Crippen LogP contribution in [0.25, 0.3) is 0 Å². The standard InChI is InChI=1S/C14H19N3O3/c1-20-13(19)10-3-2-4-12(16-10)17-6-5-14(9-17)8-15-7-11(14)18/h2-4,11,15,18H,5-9H2,1H3. The lowest BCUT2D eigenvalue weighted by Crippen LogP contribution is -2.37. The third-order valence-corrected chi connectivity index (χ3v) is 4.36. The molecular formula is C14H19N3O3. The summed E-state index contributed by atoms with van der Waals surface area (Å²) in [4.78, 5) is 18.0. The second-order valence-corrected chi connectivity index (χ2v) is 5.55. The van der Waals surface area contributed by atoms with E-state index in [0.717, 1.165) is 31.9 Å². The van der Waals surface area contributed by atoms with Gasteiger partial charge in [-0.2, -0.15) is 0 Å². The molecule has 0 aliphatic carbocycles. The minimum Gasteiger partial charge on any atom is -0.464 e. The highest BCUT2D eigenvalue weighted by Gasteiger charge is 2.47. The number of rotatable bonds is 2. The monoisotopic (exact) mass is 277 g/mol. The van der Waals surface area contributed by atoms with Crippen molar-refractivity contribution in [1.82, 2.24) is 10.3 Å². The van der Waals surface area contributed by atoms with Crippen molar-refractivity contribution in [2.24, 2.45) is 5.41 Å². The van der Waals surface area contributed by atoms with E-state index in [2.05, 4.69) is 15.2 Å². The molecule has 1 spiro atoms. The van der Waals surface area contributed by atoms with Gasteiger partial charge in [0.2, 0.25) is 0 Å². The number of hydrogen-bond acceptors (Lipinski definition) is 6. The first-order chi connectivity index (χ1) is 9.64. The van der Waals surface area contributed by atoms with Gasteiger partial charge < -0.3 is 20.1 Å². The molecule has 2 aliphatic heterocycles. The minimum absolute atomic E-state index is 0.0804. The topological polar surface area (TPSA) is 74.7 Å². The zero-order valence-corrected chi connectivity index (χ0v) is 11.5. The molecule has 0 radical (unpaired) electrons. The van der Waals surface area contributed by atoms with Crippen molar-refractivity contribution in [2.75, 3.05) is 38.2 Å². The molecule has 0 saturated carbocycles. The molecule has 3 rings (SSSR count). The maximum Gasteiger partial charge on any atom is 0.356 e. The first-order valence-electron chi connectivity index (χ1n) is 6.84. The summed E-state index contributed by atoms with van der Waals surface area (Å²) in [6.07, 6.45) is 0.627. The molecule has 2 saturated heterocycles. The lowest BCUT2D eigenvalue weighted by molar-refractivity contribution is 0.0594. The Morgan fingerprint density at radius 1 is 1.60 bits per heavy atom. The van der Waals surface area contributed by atoms with E-state index in [1.807, 2.05) is 12.1 Å². The fraction of sp³-hybridized carbons (Fsp3) is 0.571. The molecule has 2 atom stereocenters. The second-order valence-electron chi connectivity index (χ2n) is 5.55. The van der Waals surface area contributed by atoms with Crippen molar-refractivity contribution in [2.45, 2.75) is 12.5 Å². The number of aliphatic hydroxyl groups is 1. The average Bonchev–Trinajstić information content (AvgIpc) is 3.07. The van der Waals surface area contributed by atoms with E-state index in [-0.39, 0.29) is 11.5 Å². The van der Waals surface area contributed by atoms with Gasteiger partial charge in [0.15, 0.2) is 5.69 Å². The van der Waals surface area contributed by atoms with Gasteiger partial charge in [-0.15, -0.1) is 0 Å². The molecule has 1 aromatic rings. The van der Waals surface area contributed by atoms with E-state index >= 15 is 0 Å². The summed E-state index contributed by atoms with van der Waals surface area (Å²) in [6.45, 7) is 3.10. The van der Waals surface area contributed by atoms with Gasteiger partial charge in [-0.25, -0.2) is 9.78 Å². The Labute approximate surface area is 117 Å². The van der Waals surface area contributed by atoms with Gasteiger partial charge >= 0.3 is 5.97 Å². The number of carbonyl (C=O) groups is 1. The van der Waals surface area contributed by atoms with Gasteiger partial charge in [-0.3, -0.25) is 0 Å². The number of nitrogens with one attached hydrogen (secondary N) is 1. The fourth-order valence-corrected chi connectivity index (χ4v) is 3.12. The molecule has 3 heterocycles. The van der Waals surface area contributed by atoms with Crippen molar-refractivity contribution in [3.05, 3.63) is 23.9 Å². The second kappa shape index (κ2) is 5.03. The Morgan fingerprint density at radius 2 is 2.45 bits per heavy atom. The van der Waals surface area contributed by atoms with Crippen LogP contribution in [0.2, 0.25) is 0 Å². The predicted octanol–water partition coefficient (Wildman–Crippen LogP) is 0.0288. The Hall–Kier alpha value is -1.66. The van der Waals surface area contributed by atoms with E-state index in [4.69, 9.17) is 4.74 Å². The van der Waals surface area contributed by atoms with Crippen molar-refractivity contribution < 1.29 is 14.6 Å². The van der Waals surface area contributed by atoms with Gasteiger partial charge in [-0.05, 0) is 18.6 Å². The van der Waals surface area contributed by atoms with Crippen LogP contribution in [0.1, 0.15) is 16.9 Å². The molecule has 2 N–H and O–H groups in total. The van der Waals surface area contributed by atoms with E-state index < -0.39 is 5.97 Å². The number of pyridine rings is 1. The van der Waals surface area contributed by atoms with Crippen molar-refractivity contribution in [3.8, 4) is 0 Å². The van der Waals surface area contributed by atoms with Gasteiger partial charge in [0.05, 0.1) is 13.2 Å². The summed E-state index contributed by atoms with van der Waals surface area (Å²) in [5, 5.41) is 13.4. The van der Waals surface area contributed by atoms with E-state index in [1.165, 1.54) is 7.11 Å². The molecule has 6 heteroatoms. The maximum absolute atomic E-state index is 11.5. The summed E-state index contributed by atoms with van der Waals surface area (Å²) in [7, 11) is 1.35. The first kappa shape index (κ1) is 13.3. The van der Waals surface area contributed by atoms with Crippen molar-refractivity contribution >= 4 is 11.8 Å². The number of anilines is 1. The van der Waals surface area contributed by atoms with Crippen LogP contribution in [-0.4, -0.2) is 55.5 Å². The molecular weight excluding hydrogens is 258 g/mol. The summed E-state index contributed by atoms with van der Waals surface area (Å²) in [6, 6.07) is 5.34. The third-order valence-electron chi connectivity index (χ3n) is 4.36. The highest BCUT2D eigenvalue weighted by atomic mass is 16.5. The Morgan fingerprint density at radius 3 is 3.15 bits per heavy atom. The van der Waals surface area contributed by atoms with Crippen LogP contribution < -0.4 is 10.2 Å². The van der Waals surface area contributed by atoms with Crippen LogP contribution in [0.5, 0.6) is 0 Å². The minimum atomic E-state index is -0.427. The van der Waals surface area contributed by atoms with Gasteiger partial charge in [0, 0.05) is 31.6 Å². The molecule has 0 bridgehead atoms. The smallest absolute Gasteiger partial charge is 0.356 e. The van der Waals surface area contributed by atoms with Crippen LogP contribution in [-0.2, 0) is 4.74 Å². The highest BCUT2D eigenvalue weighted by Crippen LogP contribution is 2.37. The molecule has 2 aliphatic rings. The summed E-state index contributed by atoms with van der Waals surface area (Å²) >= 11 is 0. The Balaban J connectivity index is 1.79. The molecule has 1 aromatic heterocycles. The van der Waals surface area contributed by atoms with E-state index in [9.17, 15) is 9.90 Å². The predicted molar refractivity (Wildman–Crippen MR) is 73.7 cm³/mol. The zero-order chi connectivity index (χ0) is 14.2. The third kappa shape index (κ3) is 2.14. The molecule has 108 valence electrons. The number of β-amino-alcohol motifs (C(OH)–C–C–N with tert-alkyl or cyclic N) is 1. The number of ether oxygens (including phenoxy) is 1. The van der Waals surface area contributed by atoms with Crippen LogP contribution in [0.4, 0.5) is 5.82 Å². The lowest BCUT2D eigenvalue weighted by Gasteiger charge is -2.27. The maximum atomic E-state index is 11.5. The Bertz CT molecular complexity index is 522. The van der Waals surface area contributed by atoms with Crippen molar-refractivity contribution in [1.29, 1.82) is 0 Å². The van der Waals surface area contributed by atoms with Crippen LogP contribution in [0, 0.1) is 5.41 Å². The Kier molecular flexibility index (Phi) is 3.35. The normalized spacial score (nSPS) is 29.1. The van der Waals surface area contributed by atoms with E-state index in [1.54, 1.807) is 6.07 Å². The van der Waals surface area contributed by atoms with Gasteiger partial charge in [0.25, 0.3) is 0 Å². The zero-order valence-electron chi connectivity index (χ0n) is 11.5. The molecule has 20 heavy (non-hydrogen) atoms. The number of aromatic nitrogens is 1. The summed E-state index contributed by atoms with van der Waals surface area (Å²) in [5.41, 5.74) is 0.235. The average molecular weight is 277 g/mol. The fourth-order valence-electron chi connectivity index (χ4n) is 3.12. The number of methoxy groups -OCH3 is 1. The number of nitrogens with zero attached hydrogens (tertiary/aromatic N) is 2. The molecule has 0 aromatic carbocycles. The molecule has 2 unspecified atom stereocenters. The first-order valence-corrected chi connectivity index (χ1v) is 6.84.